The van der Waals surface area contributed by atoms with Gasteiger partial charge >= 0.3 is 0 Å². The molecule has 0 fully saturated rings. The van der Waals surface area contributed by atoms with Crippen LogP contribution in [0.1, 0.15) is 10.4 Å². The normalized spacial score (nSPS) is 10.6. The number of rotatable bonds is 6. The Labute approximate surface area is 184 Å². The van der Waals surface area contributed by atoms with E-state index in [2.05, 4.69) is 5.32 Å². The van der Waals surface area contributed by atoms with Gasteiger partial charge in [0.2, 0.25) is 0 Å². The SMILES string of the molecule is COc1cc(OC)c(C(=O)Nc2cccc(-c3cc(=O)c4ccccc4o3)c2)c(OC)c1. The predicted molar refractivity (Wildman–Crippen MR) is 122 cm³/mol. The summed E-state index contributed by atoms with van der Waals surface area (Å²) in [6.07, 6.45) is 0. The van der Waals surface area contributed by atoms with E-state index < -0.39 is 5.91 Å². The molecule has 1 aromatic heterocycles. The van der Waals surface area contributed by atoms with Crippen LogP contribution in [0, 0.1) is 0 Å². The molecule has 1 N–H and O–H groups in total. The molecule has 0 aliphatic carbocycles. The first-order valence-corrected chi connectivity index (χ1v) is 9.78. The molecule has 0 aliphatic heterocycles. The Balaban J connectivity index is 1.69. The molecule has 0 bridgehead atoms. The molecule has 3 aromatic carbocycles. The molecule has 7 nitrogen and oxygen atoms in total. The third-order valence-corrected chi connectivity index (χ3v) is 4.98. The lowest BCUT2D eigenvalue weighted by Crippen LogP contribution is -2.15. The molecule has 0 atom stereocenters. The number of methoxy groups -OCH3 is 3. The zero-order valence-corrected chi connectivity index (χ0v) is 17.8. The third kappa shape index (κ3) is 4.00. The van der Waals surface area contributed by atoms with Crippen molar-refractivity contribution in [3.63, 3.8) is 0 Å². The largest absolute Gasteiger partial charge is 0.496 e. The number of nitrogens with one attached hydrogen (secondary N) is 1. The van der Waals surface area contributed by atoms with Crippen LogP contribution in [0.3, 0.4) is 0 Å². The van der Waals surface area contributed by atoms with Gasteiger partial charge in [-0.25, -0.2) is 0 Å². The number of ether oxygens (including phenoxy) is 3. The maximum absolute atomic E-state index is 13.1. The Kier molecular flexibility index (Phi) is 5.81. The van der Waals surface area contributed by atoms with E-state index in [1.54, 1.807) is 60.7 Å². The fourth-order valence-corrected chi connectivity index (χ4v) is 3.42. The summed E-state index contributed by atoms with van der Waals surface area (Å²) in [7, 11) is 4.45. The van der Waals surface area contributed by atoms with Gasteiger partial charge in [0.1, 0.15) is 34.2 Å². The van der Waals surface area contributed by atoms with E-state index in [9.17, 15) is 9.59 Å². The van der Waals surface area contributed by atoms with Gasteiger partial charge in [-0.1, -0.05) is 24.3 Å². The number of hydrogen-bond acceptors (Lipinski definition) is 6. The molecule has 0 aliphatic rings. The highest BCUT2D eigenvalue weighted by molar-refractivity contribution is 6.08. The number of hydrogen-bond donors (Lipinski definition) is 1. The molecule has 0 radical (unpaired) electrons. The monoisotopic (exact) mass is 431 g/mol. The number of amides is 1. The highest BCUT2D eigenvalue weighted by Crippen LogP contribution is 2.35. The van der Waals surface area contributed by atoms with Crippen molar-refractivity contribution in [3.05, 3.63) is 82.5 Å². The zero-order valence-electron chi connectivity index (χ0n) is 17.8. The standard InChI is InChI=1S/C25H21NO6/c1-29-17-12-22(30-2)24(23(13-17)31-3)25(28)26-16-8-6-7-15(11-16)21-14-19(27)18-9-4-5-10-20(18)32-21/h4-14H,1-3H3,(H,26,28). The van der Waals surface area contributed by atoms with E-state index >= 15 is 0 Å². The first-order chi connectivity index (χ1) is 15.5. The molecule has 0 unspecified atom stereocenters. The van der Waals surface area contributed by atoms with Crippen molar-refractivity contribution >= 4 is 22.6 Å². The Morgan fingerprint density at radius 1 is 0.844 bits per heavy atom. The lowest BCUT2D eigenvalue weighted by Gasteiger charge is -2.15. The first kappa shape index (κ1) is 21.0. The summed E-state index contributed by atoms with van der Waals surface area (Å²) in [5.41, 5.74) is 1.77. The van der Waals surface area contributed by atoms with E-state index in [0.29, 0.717) is 45.2 Å². The van der Waals surface area contributed by atoms with Crippen molar-refractivity contribution in [1.29, 1.82) is 0 Å². The van der Waals surface area contributed by atoms with E-state index in [1.165, 1.54) is 27.4 Å². The molecule has 0 spiro atoms. The highest BCUT2D eigenvalue weighted by atomic mass is 16.5. The fraction of sp³-hybridized carbons (Fsp3) is 0.120. The van der Waals surface area contributed by atoms with Crippen molar-refractivity contribution < 1.29 is 23.4 Å². The Hall–Kier alpha value is -4.26. The van der Waals surface area contributed by atoms with Crippen LogP contribution in [-0.2, 0) is 0 Å². The van der Waals surface area contributed by atoms with Gasteiger partial charge < -0.3 is 23.9 Å². The van der Waals surface area contributed by atoms with Gasteiger partial charge in [0.05, 0.1) is 26.7 Å². The van der Waals surface area contributed by atoms with E-state index in [1.807, 2.05) is 0 Å². The van der Waals surface area contributed by atoms with Gasteiger partial charge in [0, 0.05) is 29.4 Å². The number of carbonyl (C=O) groups is 1. The van der Waals surface area contributed by atoms with Crippen molar-refractivity contribution in [2.75, 3.05) is 26.6 Å². The van der Waals surface area contributed by atoms with Gasteiger partial charge in [0.25, 0.3) is 5.91 Å². The molecular formula is C25H21NO6. The molecule has 0 saturated heterocycles. The minimum Gasteiger partial charge on any atom is -0.496 e. The van der Waals surface area contributed by atoms with Crippen LogP contribution in [0.4, 0.5) is 5.69 Å². The zero-order chi connectivity index (χ0) is 22.7. The van der Waals surface area contributed by atoms with E-state index in [4.69, 9.17) is 18.6 Å². The molecule has 162 valence electrons. The van der Waals surface area contributed by atoms with E-state index in [-0.39, 0.29) is 11.0 Å². The highest BCUT2D eigenvalue weighted by Gasteiger charge is 2.21. The maximum atomic E-state index is 13.1. The summed E-state index contributed by atoms with van der Waals surface area (Å²) >= 11 is 0. The topological polar surface area (TPSA) is 87.0 Å². The van der Waals surface area contributed by atoms with Gasteiger partial charge in [-0.15, -0.1) is 0 Å². The van der Waals surface area contributed by atoms with Gasteiger partial charge in [0.15, 0.2) is 5.43 Å². The molecule has 0 saturated carbocycles. The number of anilines is 1. The van der Waals surface area contributed by atoms with E-state index in [0.717, 1.165) is 0 Å². The van der Waals surface area contributed by atoms with Crippen LogP contribution >= 0.6 is 0 Å². The smallest absolute Gasteiger partial charge is 0.263 e. The van der Waals surface area contributed by atoms with Crippen LogP contribution in [0.2, 0.25) is 0 Å². The number of fused-ring (bicyclic) bond motifs is 1. The van der Waals surface area contributed by atoms with Crippen molar-refractivity contribution in [3.8, 4) is 28.6 Å². The van der Waals surface area contributed by atoms with Crippen molar-refractivity contribution in [2.45, 2.75) is 0 Å². The molecule has 1 heterocycles. The Bertz CT molecular complexity index is 1330. The average Bonchev–Trinajstić information content (AvgIpc) is 2.83. The molecular weight excluding hydrogens is 410 g/mol. The maximum Gasteiger partial charge on any atom is 0.263 e. The summed E-state index contributed by atoms with van der Waals surface area (Å²) in [5.74, 6) is 1.12. The fourth-order valence-electron chi connectivity index (χ4n) is 3.42. The predicted octanol–water partition coefficient (Wildman–Crippen LogP) is 4.74. The van der Waals surface area contributed by atoms with Crippen LogP contribution in [0.15, 0.2) is 75.9 Å². The summed E-state index contributed by atoms with van der Waals surface area (Å²) in [4.78, 5) is 25.5. The number of para-hydroxylation sites is 1. The second-order valence-corrected chi connectivity index (χ2v) is 6.91. The Morgan fingerprint density at radius 2 is 1.56 bits per heavy atom. The van der Waals surface area contributed by atoms with Crippen LogP contribution in [0.25, 0.3) is 22.3 Å². The number of benzene rings is 3. The molecule has 7 heteroatoms. The lowest BCUT2D eigenvalue weighted by molar-refractivity contribution is 0.102. The average molecular weight is 431 g/mol. The molecule has 32 heavy (non-hydrogen) atoms. The number of carbonyl (C=O) groups excluding carboxylic acids is 1. The van der Waals surface area contributed by atoms with Crippen LogP contribution < -0.4 is 25.0 Å². The Morgan fingerprint density at radius 3 is 2.25 bits per heavy atom. The second-order valence-electron chi connectivity index (χ2n) is 6.91. The van der Waals surface area contributed by atoms with Gasteiger partial charge in [-0.05, 0) is 24.3 Å². The van der Waals surface area contributed by atoms with Crippen molar-refractivity contribution in [1.82, 2.24) is 0 Å². The summed E-state index contributed by atoms with van der Waals surface area (Å²) in [6, 6.07) is 18.8. The van der Waals surface area contributed by atoms with Gasteiger partial charge in [-0.3, -0.25) is 9.59 Å². The summed E-state index contributed by atoms with van der Waals surface area (Å²) in [6.45, 7) is 0. The minimum atomic E-state index is -0.418. The molecule has 4 aromatic rings. The molecule has 4 rings (SSSR count). The van der Waals surface area contributed by atoms with Crippen LogP contribution in [0.5, 0.6) is 17.2 Å². The first-order valence-electron chi connectivity index (χ1n) is 9.78. The van der Waals surface area contributed by atoms with Crippen LogP contribution in [-0.4, -0.2) is 27.2 Å². The minimum absolute atomic E-state index is 0.135. The quantitative estimate of drug-likeness (QED) is 0.475. The second kappa shape index (κ2) is 8.85. The third-order valence-electron chi connectivity index (χ3n) is 4.98. The van der Waals surface area contributed by atoms with Gasteiger partial charge in [-0.2, -0.15) is 0 Å². The summed E-state index contributed by atoms with van der Waals surface area (Å²) < 4.78 is 21.9. The lowest BCUT2D eigenvalue weighted by atomic mass is 10.1. The van der Waals surface area contributed by atoms with Crippen molar-refractivity contribution in [2.24, 2.45) is 0 Å². The summed E-state index contributed by atoms with van der Waals surface area (Å²) in [5, 5.41) is 3.36. The molecule has 1 amide bonds.